The smallest absolute Gasteiger partial charge is 0.190 e. The maximum atomic E-state index is 14.1. The van der Waals surface area contributed by atoms with E-state index in [2.05, 4.69) is 36.2 Å². The summed E-state index contributed by atoms with van der Waals surface area (Å²) in [5.41, 5.74) is 0.947. The molecule has 0 aliphatic heterocycles. The summed E-state index contributed by atoms with van der Waals surface area (Å²) in [5, 5.41) is 7.98. The van der Waals surface area contributed by atoms with Gasteiger partial charge in [0.25, 0.3) is 0 Å². The molecule has 0 amide bonds. The lowest BCUT2D eigenvalue weighted by atomic mass is 10.1. The van der Waals surface area contributed by atoms with E-state index in [1.165, 1.54) is 18.1 Å². The summed E-state index contributed by atoms with van der Waals surface area (Å²) in [6, 6.07) is 5.28. The van der Waals surface area contributed by atoms with E-state index in [4.69, 9.17) is 0 Å². The van der Waals surface area contributed by atoms with E-state index in [0.29, 0.717) is 16.6 Å². The maximum absolute atomic E-state index is 14.1. The lowest BCUT2D eigenvalue weighted by Crippen LogP contribution is -2.35. The fourth-order valence-corrected chi connectivity index (χ4v) is 2.35. The van der Waals surface area contributed by atoms with E-state index >= 15 is 0 Å². The molecule has 1 N–H and O–H groups in total. The Labute approximate surface area is 122 Å². The van der Waals surface area contributed by atoms with Gasteiger partial charge < -0.3 is 5.32 Å². The Hall–Kier alpha value is -1.40. The van der Waals surface area contributed by atoms with Gasteiger partial charge in [-0.2, -0.15) is 5.10 Å². The van der Waals surface area contributed by atoms with Crippen molar-refractivity contribution in [1.29, 1.82) is 0 Å². The first-order chi connectivity index (χ1) is 9.35. The molecular formula is C14H19FN4S. The lowest BCUT2D eigenvalue weighted by Gasteiger charge is -2.20. The predicted octanol–water partition coefficient (Wildman–Crippen LogP) is 2.99. The van der Waals surface area contributed by atoms with E-state index in [-0.39, 0.29) is 11.4 Å². The minimum absolute atomic E-state index is 0.0164. The Bertz CT molecular complexity index is 589. The molecule has 0 spiro atoms. The molecule has 0 aliphatic carbocycles. The molecule has 2 aromatic rings. The first-order valence-electron chi connectivity index (χ1n) is 6.40. The van der Waals surface area contributed by atoms with Crippen molar-refractivity contribution in [2.75, 3.05) is 0 Å². The number of nitrogens with zero attached hydrogens (tertiary/aromatic N) is 3. The molecule has 0 bridgehead atoms. The van der Waals surface area contributed by atoms with Gasteiger partial charge in [0.05, 0.1) is 4.90 Å². The predicted molar refractivity (Wildman–Crippen MR) is 78.1 cm³/mol. The molecule has 6 heteroatoms. The zero-order valence-corrected chi connectivity index (χ0v) is 13.0. The number of hydrogen-bond acceptors (Lipinski definition) is 4. The Morgan fingerprint density at radius 1 is 1.35 bits per heavy atom. The average molecular weight is 294 g/mol. The van der Waals surface area contributed by atoms with Gasteiger partial charge in [-0.3, -0.25) is 0 Å². The molecule has 4 nitrogen and oxygen atoms in total. The second kappa shape index (κ2) is 5.93. The topological polar surface area (TPSA) is 42.7 Å². The fraction of sp³-hybridized carbons (Fsp3) is 0.429. The highest BCUT2D eigenvalue weighted by atomic mass is 32.2. The molecule has 0 saturated carbocycles. The first-order valence-corrected chi connectivity index (χ1v) is 7.22. The van der Waals surface area contributed by atoms with E-state index in [9.17, 15) is 4.39 Å². The minimum atomic E-state index is -0.230. The van der Waals surface area contributed by atoms with E-state index < -0.39 is 0 Å². The van der Waals surface area contributed by atoms with E-state index in [0.717, 1.165) is 5.56 Å². The van der Waals surface area contributed by atoms with Crippen LogP contribution in [0.25, 0.3) is 0 Å². The summed E-state index contributed by atoms with van der Waals surface area (Å²) in [4.78, 5) is 4.64. The number of benzene rings is 1. The molecule has 108 valence electrons. The summed E-state index contributed by atoms with van der Waals surface area (Å²) < 4.78 is 15.7. The molecular weight excluding hydrogens is 275 g/mol. The zero-order valence-electron chi connectivity index (χ0n) is 12.1. The molecule has 1 heterocycles. The monoisotopic (exact) mass is 294 g/mol. The van der Waals surface area contributed by atoms with Gasteiger partial charge in [0.15, 0.2) is 5.16 Å². The third-order valence-electron chi connectivity index (χ3n) is 2.69. The summed E-state index contributed by atoms with van der Waals surface area (Å²) in [6.45, 7) is 6.90. The highest BCUT2D eigenvalue weighted by molar-refractivity contribution is 7.99. The van der Waals surface area contributed by atoms with E-state index in [1.807, 2.05) is 6.07 Å². The van der Waals surface area contributed by atoms with Crippen LogP contribution >= 0.6 is 11.8 Å². The van der Waals surface area contributed by atoms with Crippen molar-refractivity contribution in [3.05, 3.63) is 35.9 Å². The number of rotatable bonds is 4. The van der Waals surface area contributed by atoms with Gasteiger partial charge >= 0.3 is 0 Å². The number of aromatic nitrogens is 3. The Balaban J connectivity index is 2.08. The van der Waals surface area contributed by atoms with E-state index in [1.54, 1.807) is 23.9 Å². The molecule has 0 atom stereocenters. The van der Waals surface area contributed by atoms with Crippen LogP contribution < -0.4 is 5.32 Å². The molecule has 0 radical (unpaired) electrons. The first kappa shape index (κ1) is 15.0. The summed E-state index contributed by atoms with van der Waals surface area (Å²) in [6.07, 6.45) is 1.46. The van der Waals surface area contributed by atoms with Gasteiger partial charge in [-0.15, -0.1) is 0 Å². The summed E-state index contributed by atoms with van der Waals surface area (Å²) >= 11 is 1.27. The van der Waals surface area contributed by atoms with Crippen LogP contribution in [0.15, 0.2) is 34.6 Å². The number of hydrogen-bond donors (Lipinski definition) is 1. The largest absolute Gasteiger partial charge is 0.308 e. The summed E-state index contributed by atoms with van der Waals surface area (Å²) in [5.74, 6) is -0.230. The minimum Gasteiger partial charge on any atom is -0.308 e. The van der Waals surface area contributed by atoms with Gasteiger partial charge in [-0.25, -0.2) is 14.1 Å². The van der Waals surface area contributed by atoms with Crippen LogP contribution in [-0.2, 0) is 13.6 Å². The Morgan fingerprint density at radius 2 is 2.10 bits per heavy atom. The SMILES string of the molecule is Cn1ncnc1Sc1ccc(CNC(C)(C)C)cc1F. The Kier molecular flexibility index (Phi) is 4.45. The number of aryl methyl sites for hydroxylation is 1. The van der Waals surface area contributed by atoms with Gasteiger partial charge in [0.1, 0.15) is 12.1 Å². The molecule has 1 aromatic carbocycles. The average Bonchev–Trinajstić information content (AvgIpc) is 2.75. The second-order valence-corrected chi connectivity index (χ2v) is 6.65. The molecule has 2 rings (SSSR count). The summed E-state index contributed by atoms with van der Waals surface area (Å²) in [7, 11) is 1.79. The van der Waals surface area contributed by atoms with Gasteiger partial charge in [0, 0.05) is 19.1 Å². The van der Waals surface area contributed by atoms with Crippen molar-refractivity contribution < 1.29 is 4.39 Å². The normalized spacial score (nSPS) is 11.8. The van der Waals surface area contributed by atoms with Gasteiger partial charge in [-0.05, 0) is 50.2 Å². The fourth-order valence-electron chi connectivity index (χ4n) is 1.58. The van der Waals surface area contributed by atoms with Crippen molar-refractivity contribution in [3.8, 4) is 0 Å². The van der Waals surface area contributed by atoms with Crippen LogP contribution in [-0.4, -0.2) is 20.3 Å². The zero-order chi connectivity index (χ0) is 14.8. The van der Waals surface area contributed by atoms with Crippen molar-refractivity contribution in [1.82, 2.24) is 20.1 Å². The highest BCUT2D eigenvalue weighted by Crippen LogP contribution is 2.28. The highest BCUT2D eigenvalue weighted by Gasteiger charge is 2.11. The molecule has 0 saturated heterocycles. The molecule has 1 aromatic heterocycles. The van der Waals surface area contributed by atoms with Crippen LogP contribution in [0.5, 0.6) is 0 Å². The maximum Gasteiger partial charge on any atom is 0.190 e. The van der Waals surface area contributed by atoms with Crippen LogP contribution in [0, 0.1) is 5.82 Å². The van der Waals surface area contributed by atoms with Gasteiger partial charge in [0.2, 0.25) is 0 Å². The molecule has 0 aliphatic rings. The number of nitrogens with one attached hydrogen (secondary N) is 1. The van der Waals surface area contributed by atoms with Crippen LogP contribution in [0.1, 0.15) is 26.3 Å². The van der Waals surface area contributed by atoms with Crippen molar-refractivity contribution in [3.63, 3.8) is 0 Å². The lowest BCUT2D eigenvalue weighted by molar-refractivity contribution is 0.423. The third kappa shape index (κ3) is 4.05. The van der Waals surface area contributed by atoms with Crippen LogP contribution in [0.3, 0.4) is 0 Å². The number of halogens is 1. The van der Waals surface area contributed by atoms with Crippen molar-refractivity contribution in [2.45, 2.75) is 42.9 Å². The van der Waals surface area contributed by atoms with Crippen molar-refractivity contribution >= 4 is 11.8 Å². The van der Waals surface area contributed by atoms with Crippen LogP contribution in [0.2, 0.25) is 0 Å². The molecule has 0 unspecified atom stereocenters. The van der Waals surface area contributed by atoms with Gasteiger partial charge in [-0.1, -0.05) is 6.07 Å². The van der Waals surface area contributed by atoms with Crippen LogP contribution in [0.4, 0.5) is 4.39 Å². The quantitative estimate of drug-likeness (QED) is 0.941. The molecule has 20 heavy (non-hydrogen) atoms. The molecule has 0 fully saturated rings. The van der Waals surface area contributed by atoms with Crippen molar-refractivity contribution in [2.24, 2.45) is 7.05 Å². The standard InChI is InChI=1S/C14H19FN4S/c1-14(2,3)17-8-10-5-6-12(11(15)7-10)20-13-16-9-18-19(13)4/h5-7,9,17H,8H2,1-4H3. The second-order valence-electron chi connectivity index (χ2n) is 5.64. The Morgan fingerprint density at radius 3 is 2.65 bits per heavy atom. The third-order valence-corrected chi connectivity index (χ3v) is 3.79.